The summed E-state index contributed by atoms with van der Waals surface area (Å²) in [5.41, 5.74) is 8.67. The van der Waals surface area contributed by atoms with Crippen LogP contribution in [0.1, 0.15) is 22.3 Å². The Labute approximate surface area is 157 Å². The lowest BCUT2D eigenvalue weighted by Gasteiger charge is -2.21. The molecule has 7 heteroatoms. The van der Waals surface area contributed by atoms with Gasteiger partial charge in [-0.15, -0.1) is 0 Å². The molecule has 1 saturated heterocycles. The molecule has 2 aromatic carbocycles. The summed E-state index contributed by atoms with van der Waals surface area (Å²) in [6, 6.07) is 16.0. The van der Waals surface area contributed by atoms with Gasteiger partial charge in [-0.05, 0) is 22.8 Å². The molecule has 1 atom stereocenters. The molecule has 2 amide bonds. The van der Waals surface area contributed by atoms with Crippen LogP contribution in [0, 0.1) is 11.3 Å². The second-order valence-electron chi connectivity index (χ2n) is 6.23. The van der Waals surface area contributed by atoms with Crippen molar-refractivity contribution in [2.45, 2.75) is 25.7 Å². The molecule has 0 saturated carbocycles. The minimum absolute atomic E-state index is 0.00843. The van der Waals surface area contributed by atoms with Crippen LogP contribution in [0.3, 0.4) is 0 Å². The van der Waals surface area contributed by atoms with E-state index in [0.29, 0.717) is 24.2 Å². The predicted molar refractivity (Wildman–Crippen MR) is 98.0 cm³/mol. The average Bonchev–Trinajstić information content (AvgIpc) is 3.07. The van der Waals surface area contributed by atoms with E-state index in [1.165, 1.54) is 4.90 Å². The smallest absolute Gasteiger partial charge is 0.410 e. The Morgan fingerprint density at radius 1 is 1.22 bits per heavy atom. The molecular weight excluding hydrogens is 344 g/mol. The highest BCUT2D eigenvalue weighted by Gasteiger charge is 2.38. The van der Waals surface area contributed by atoms with Crippen molar-refractivity contribution in [1.82, 2.24) is 10.2 Å². The maximum atomic E-state index is 12.6. The molecule has 138 valence electrons. The van der Waals surface area contributed by atoms with Crippen LogP contribution < -0.4 is 11.1 Å². The molecule has 0 unspecified atom stereocenters. The SMILES string of the molecule is N#Cc1ccccc1CN1C(=O)OC[C@H]1C(=O)NCc1ccc(CN)cc1. The van der Waals surface area contributed by atoms with E-state index in [0.717, 1.165) is 11.1 Å². The summed E-state index contributed by atoms with van der Waals surface area (Å²) in [5.74, 6) is -0.293. The van der Waals surface area contributed by atoms with Crippen molar-refractivity contribution in [2.75, 3.05) is 6.61 Å². The Hall–Kier alpha value is -3.37. The van der Waals surface area contributed by atoms with Crippen LogP contribution in [0.4, 0.5) is 4.79 Å². The number of nitriles is 1. The molecule has 27 heavy (non-hydrogen) atoms. The third kappa shape index (κ3) is 4.25. The highest BCUT2D eigenvalue weighted by atomic mass is 16.6. The first-order chi connectivity index (χ1) is 13.1. The van der Waals surface area contributed by atoms with Crippen molar-refractivity contribution in [3.05, 3.63) is 70.8 Å². The van der Waals surface area contributed by atoms with Crippen molar-refractivity contribution in [3.8, 4) is 6.07 Å². The number of nitrogens with zero attached hydrogens (tertiary/aromatic N) is 2. The summed E-state index contributed by atoms with van der Waals surface area (Å²) >= 11 is 0. The van der Waals surface area contributed by atoms with Crippen LogP contribution in [0.15, 0.2) is 48.5 Å². The molecule has 0 radical (unpaired) electrons. The normalized spacial score (nSPS) is 15.9. The molecule has 0 bridgehead atoms. The van der Waals surface area contributed by atoms with E-state index in [1.807, 2.05) is 24.3 Å². The van der Waals surface area contributed by atoms with E-state index in [2.05, 4.69) is 11.4 Å². The Morgan fingerprint density at radius 2 is 1.93 bits per heavy atom. The first kappa shape index (κ1) is 18.4. The van der Waals surface area contributed by atoms with Crippen molar-refractivity contribution < 1.29 is 14.3 Å². The van der Waals surface area contributed by atoms with Gasteiger partial charge < -0.3 is 15.8 Å². The molecule has 3 N–H and O–H groups in total. The molecule has 2 aromatic rings. The fourth-order valence-corrected chi connectivity index (χ4v) is 2.89. The van der Waals surface area contributed by atoms with E-state index in [4.69, 9.17) is 10.5 Å². The number of benzene rings is 2. The van der Waals surface area contributed by atoms with Crippen molar-refractivity contribution in [1.29, 1.82) is 5.26 Å². The van der Waals surface area contributed by atoms with Crippen molar-refractivity contribution >= 4 is 12.0 Å². The van der Waals surface area contributed by atoms with Crippen LogP contribution in [-0.2, 0) is 29.2 Å². The minimum Gasteiger partial charge on any atom is -0.447 e. The number of carbonyl (C=O) groups excluding carboxylic acids is 2. The molecule has 1 aliphatic heterocycles. The summed E-state index contributed by atoms with van der Waals surface area (Å²) in [6.07, 6.45) is -0.560. The van der Waals surface area contributed by atoms with Crippen molar-refractivity contribution in [2.24, 2.45) is 5.73 Å². The van der Waals surface area contributed by atoms with Gasteiger partial charge >= 0.3 is 6.09 Å². The molecule has 1 aliphatic rings. The number of amides is 2. The van der Waals surface area contributed by atoms with Gasteiger partial charge in [-0.1, -0.05) is 42.5 Å². The quantitative estimate of drug-likeness (QED) is 0.810. The largest absolute Gasteiger partial charge is 0.447 e. The summed E-state index contributed by atoms with van der Waals surface area (Å²) in [5, 5.41) is 12.0. The standard InChI is InChI=1S/C20H20N4O3/c21-9-14-5-7-15(8-6-14)11-23-19(25)18-13-27-20(26)24(18)12-17-4-2-1-3-16(17)10-22/h1-8,18H,9,11-13,21H2,(H,23,25)/t18-/m0/s1. The monoisotopic (exact) mass is 364 g/mol. The molecular formula is C20H20N4O3. The van der Waals surface area contributed by atoms with Crippen LogP contribution in [0.25, 0.3) is 0 Å². The van der Waals surface area contributed by atoms with Crippen LogP contribution >= 0.6 is 0 Å². The van der Waals surface area contributed by atoms with Gasteiger partial charge in [0.15, 0.2) is 0 Å². The lowest BCUT2D eigenvalue weighted by molar-refractivity contribution is -0.125. The Bertz CT molecular complexity index is 874. The number of cyclic esters (lactones) is 1. The van der Waals surface area contributed by atoms with E-state index >= 15 is 0 Å². The zero-order valence-corrected chi connectivity index (χ0v) is 14.7. The maximum absolute atomic E-state index is 12.6. The summed E-state index contributed by atoms with van der Waals surface area (Å²) in [7, 11) is 0. The predicted octanol–water partition coefficient (Wildman–Crippen LogP) is 1.65. The lowest BCUT2D eigenvalue weighted by atomic mass is 10.1. The molecule has 3 rings (SSSR count). The lowest BCUT2D eigenvalue weighted by Crippen LogP contribution is -2.45. The average molecular weight is 364 g/mol. The highest BCUT2D eigenvalue weighted by Crippen LogP contribution is 2.19. The molecule has 0 aliphatic carbocycles. The number of rotatable bonds is 6. The van der Waals surface area contributed by atoms with Gasteiger partial charge in [0, 0.05) is 13.1 Å². The Kier molecular flexibility index (Phi) is 5.69. The van der Waals surface area contributed by atoms with Gasteiger partial charge in [-0.3, -0.25) is 9.69 Å². The van der Waals surface area contributed by atoms with E-state index in [-0.39, 0.29) is 19.1 Å². The fraction of sp³-hybridized carbons (Fsp3) is 0.250. The zero-order chi connectivity index (χ0) is 19.2. The third-order valence-electron chi connectivity index (χ3n) is 4.48. The van der Waals surface area contributed by atoms with Crippen molar-refractivity contribution in [3.63, 3.8) is 0 Å². The topological polar surface area (TPSA) is 108 Å². The number of nitrogens with two attached hydrogens (primary N) is 1. The van der Waals surface area contributed by atoms with Gasteiger partial charge in [0.1, 0.15) is 12.6 Å². The van der Waals surface area contributed by atoms with E-state index in [1.54, 1.807) is 24.3 Å². The van der Waals surface area contributed by atoms with Gasteiger partial charge in [0.2, 0.25) is 5.91 Å². The first-order valence-corrected chi connectivity index (χ1v) is 8.59. The fourth-order valence-electron chi connectivity index (χ4n) is 2.89. The van der Waals surface area contributed by atoms with Gasteiger partial charge in [0.25, 0.3) is 0 Å². The number of hydrogen-bond acceptors (Lipinski definition) is 5. The van der Waals surface area contributed by atoms with Crippen LogP contribution in [-0.4, -0.2) is 29.5 Å². The van der Waals surface area contributed by atoms with Crippen LogP contribution in [0.5, 0.6) is 0 Å². The van der Waals surface area contributed by atoms with Crippen LogP contribution in [0.2, 0.25) is 0 Å². The summed E-state index contributed by atoms with van der Waals surface area (Å²) in [4.78, 5) is 26.0. The number of ether oxygens (including phenoxy) is 1. The maximum Gasteiger partial charge on any atom is 0.410 e. The molecule has 7 nitrogen and oxygen atoms in total. The third-order valence-corrected chi connectivity index (χ3v) is 4.48. The highest BCUT2D eigenvalue weighted by molar-refractivity contribution is 5.87. The Balaban J connectivity index is 1.66. The summed E-state index contributed by atoms with van der Waals surface area (Å²) < 4.78 is 5.06. The summed E-state index contributed by atoms with van der Waals surface area (Å²) in [6.45, 7) is 0.946. The minimum atomic E-state index is -0.729. The van der Waals surface area contributed by atoms with E-state index in [9.17, 15) is 14.9 Å². The molecule has 1 fully saturated rings. The molecule has 0 aromatic heterocycles. The number of hydrogen-bond donors (Lipinski definition) is 2. The van der Waals surface area contributed by atoms with Gasteiger partial charge in [-0.2, -0.15) is 5.26 Å². The number of carbonyl (C=O) groups is 2. The number of nitrogens with one attached hydrogen (secondary N) is 1. The van der Waals surface area contributed by atoms with Gasteiger partial charge in [0.05, 0.1) is 18.2 Å². The van der Waals surface area contributed by atoms with E-state index < -0.39 is 12.1 Å². The molecule has 0 spiro atoms. The molecule has 1 heterocycles. The van der Waals surface area contributed by atoms with Gasteiger partial charge in [-0.25, -0.2) is 4.79 Å². The first-order valence-electron chi connectivity index (χ1n) is 8.59. The second kappa shape index (κ2) is 8.34. The zero-order valence-electron chi connectivity index (χ0n) is 14.7. The second-order valence-corrected chi connectivity index (χ2v) is 6.23. The Morgan fingerprint density at radius 3 is 2.63 bits per heavy atom.